The Hall–Kier alpha value is -4.25. The number of piperidine rings is 2. The Morgan fingerprint density at radius 1 is 0.961 bits per heavy atom. The topological polar surface area (TPSA) is 146 Å². The van der Waals surface area contributed by atoms with Crippen molar-refractivity contribution in [3.63, 3.8) is 0 Å². The minimum atomic E-state index is -3.91. The molecular formula is C34H38ClF2N9O4S. The van der Waals surface area contributed by atoms with Gasteiger partial charge in [0.1, 0.15) is 0 Å². The number of nitrogens with zero attached hydrogens (tertiary/aromatic N) is 7. The Kier molecular flexibility index (Phi) is 9.93. The third-order valence-electron chi connectivity index (χ3n) is 10.0. The van der Waals surface area contributed by atoms with Crippen LogP contribution in [0, 0.1) is 0 Å². The summed E-state index contributed by atoms with van der Waals surface area (Å²) in [4.78, 5) is 35.6. The first-order chi connectivity index (χ1) is 24.5. The molecule has 1 atom stereocenters. The number of aryl methyl sites for hydroxylation is 1. The van der Waals surface area contributed by atoms with E-state index >= 15 is 0 Å². The highest BCUT2D eigenvalue weighted by Crippen LogP contribution is 2.38. The first kappa shape index (κ1) is 35.2. The van der Waals surface area contributed by atoms with Gasteiger partial charge in [-0.3, -0.25) is 24.6 Å². The summed E-state index contributed by atoms with van der Waals surface area (Å²) >= 11 is 5.86. The number of rotatable bonds is 9. The molecule has 0 spiro atoms. The first-order valence-electron chi connectivity index (χ1n) is 16.9. The maximum atomic E-state index is 14.8. The van der Waals surface area contributed by atoms with Gasteiger partial charge >= 0.3 is 6.03 Å². The van der Waals surface area contributed by atoms with Crippen LogP contribution in [0.3, 0.4) is 0 Å². The van der Waals surface area contributed by atoms with Crippen LogP contribution in [-0.4, -0.2) is 94.5 Å². The lowest BCUT2D eigenvalue weighted by Gasteiger charge is -2.38. The average Bonchev–Trinajstić information content (AvgIpc) is 3.45. The maximum Gasteiger partial charge on any atom is 0.329 e. The molecule has 0 radical (unpaired) electrons. The smallest absolute Gasteiger partial charge is 0.329 e. The molecule has 3 saturated heterocycles. The average molecular weight is 742 g/mol. The van der Waals surface area contributed by atoms with Gasteiger partial charge < -0.3 is 5.32 Å². The Balaban J connectivity index is 1.01. The summed E-state index contributed by atoms with van der Waals surface area (Å²) in [7, 11) is -2.11. The summed E-state index contributed by atoms with van der Waals surface area (Å²) in [5.41, 5.74) is 2.15. The number of halogens is 3. The number of fused-ring (bicyclic) bond motifs is 1. The number of anilines is 2. The zero-order valence-corrected chi connectivity index (χ0v) is 29.5. The van der Waals surface area contributed by atoms with Gasteiger partial charge in [0.2, 0.25) is 21.9 Å². The fourth-order valence-corrected chi connectivity index (χ4v) is 8.94. The predicted octanol–water partition coefficient (Wildman–Crippen LogP) is 4.91. The molecule has 270 valence electrons. The number of sulfonamides is 1. The molecule has 5 heterocycles. The number of carbonyl (C=O) groups is 2. The lowest BCUT2D eigenvalue weighted by Crippen LogP contribution is -2.49. The van der Waals surface area contributed by atoms with E-state index in [2.05, 4.69) is 25.7 Å². The second-order valence-corrected chi connectivity index (χ2v) is 15.6. The van der Waals surface area contributed by atoms with Gasteiger partial charge in [-0.05, 0) is 80.1 Å². The van der Waals surface area contributed by atoms with Gasteiger partial charge in [0, 0.05) is 44.5 Å². The van der Waals surface area contributed by atoms with Crippen molar-refractivity contribution in [2.24, 2.45) is 7.05 Å². The molecule has 7 rings (SSSR count). The molecule has 1 unspecified atom stereocenters. The first-order valence-corrected chi connectivity index (χ1v) is 18.7. The van der Waals surface area contributed by atoms with Gasteiger partial charge in [0.25, 0.3) is 6.43 Å². The number of amides is 3. The fourth-order valence-electron chi connectivity index (χ4n) is 7.32. The summed E-state index contributed by atoms with van der Waals surface area (Å²) in [6.45, 7) is 1.60. The van der Waals surface area contributed by atoms with Crippen LogP contribution in [-0.2, 0) is 21.9 Å². The standard InChI is InChI=1S/C34H38ClF2N9O4S/c1-43-28-18-22(5-6-27(28)32(42-43)46-16-11-29(47)41-34(46)48)21-7-12-44(13-8-21)30(31(36)37)23-3-2-4-26(17-23)51(49,50)45-14-9-25(10-15-45)40-33-38-19-24(35)20-39-33/h2-6,17-21,25,30-31H,7-16H2,1H3,(H,38,39,40)(H,41,47,48). The number of nitrogens with one attached hydrogen (secondary N) is 2. The molecule has 51 heavy (non-hydrogen) atoms. The Morgan fingerprint density at radius 3 is 2.37 bits per heavy atom. The molecule has 0 bridgehead atoms. The summed E-state index contributed by atoms with van der Waals surface area (Å²) in [6, 6.07) is 10.2. The van der Waals surface area contributed by atoms with Crippen molar-refractivity contribution < 1.29 is 26.8 Å². The second kappa shape index (κ2) is 14.4. The van der Waals surface area contributed by atoms with E-state index < -0.39 is 28.5 Å². The van der Waals surface area contributed by atoms with Crippen molar-refractivity contribution in [1.29, 1.82) is 0 Å². The Morgan fingerprint density at radius 2 is 1.69 bits per heavy atom. The van der Waals surface area contributed by atoms with Crippen molar-refractivity contribution in [2.45, 2.75) is 61.4 Å². The van der Waals surface area contributed by atoms with Crippen LogP contribution in [0.5, 0.6) is 0 Å². The number of likely N-dealkylation sites (tertiary alicyclic amines) is 1. The lowest BCUT2D eigenvalue weighted by atomic mass is 9.88. The molecule has 13 nitrogen and oxygen atoms in total. The van der Waals surface area contributed by atoms with Gasteiger partial charge in [0.05, 0.1) is 33.9 Å². The molecule has 3 fully saturated rings. The molecule has 4 aromatic rings. The van der Waals surface area contributed by atoms with Gasteiger partial charge in [-0.15, -0.1) is 0 Å². The third kappa shape index (κ3) is 7.27. The molecule has 3 amide bonds. The van der Waals surface area contributed by atoms with Gasteiger partial charge in [-0.1, -0.05) is 29.8 Å². The minimum Gasteiger partial charge on any atom is -0.351 e. The molecular weight excluding hydrogens is 704 g/mol. The van der Waals surface area contributed by atoms with Crippen LogP contribution >= 0.6 is 11.6 Å². The number of hydrogen-bond acceptors (Lipinski definition) is 9. The summed E-state index contributed by atoms with van der Waals surface area (Å²) in [5, 5.41) is 11.3. The van der Waals surface area contributed by atoms with E-state index in [4.69, 9.17) is 11.6 Å². The number of carbonyl (C=O) groups excluding carboxylic acids is 2. The molecule has 0 aliphatic carbocycles. The fraction of sp³-hybridized carbons (Fsp3) is 0.441. The van der Waals surface area contributed by atoms with E-state index in [0.717, 1.165) is 16.5 Å². The van der Waals surface area contributed by atoms with Crippen molar-refractivity contribution in [3.8, 4) is 0 Å². The number of alkyl halides is 2. The minimum absolute atomic E-state index is 0.00506. The van der Waals surface area contributed by atoms with Crippen molar-refractivity contribution >= 4 is 56.2 Å². The molecule has 2 N–H and O–H groups in total. The highest BCUT2D eigenvalue weighted by molar-refractivity contribution is 7.89. The van der Waals surface area contributed by atoms with Gasteiger partial charge in [-0.2, -0.15) is 9.40 Å². The normalized spacial score (nSPS) is 19.5. The van der Waals surface area contributed by atoms with E-state index in [9.17, 15) is 26.8 Å². The number of aromatic nitrogens is 4. The predicted molar refractivity (Wildman–Crippen MR) is 187 cm³/mol. The van der Waals surface area contributed by atoms with E-state index in [0.29, 0.717) is 55.6 Å². The van der Waals surface area contributed by atoms with Crippen LogP contribution in [0.2, 0.25) is 5.02 Å². The van der Waals surface area contributed by atoms with Crippen LogP contribution in [0.25, 0.3) is 10.9 Å². The van der Waals surface area contributed by atoms with E-state index in [1.54, 1.807) is 28.8 Å². The largest absolute Gasteiger partial charge is 0.351 e. The van der Waals surface area contributed by atoms with Gasteiger partial charge in [0.15, 0.2) is 5.82 Å². The zero-order valence-electron chi connectivity index (χ0n) is 27.9. The zero-order chi connectivity index (χ0) is 35.9. The molecule has 3 aliphatic rings. The lowest BCUT2D eigenvalue weighted by molar-refractivity contribution is -0.120. The number of urea groups is 1. The third-order valence-corrected chi connectivity index (χ3v) is 12.1. The van der Waals surface area contributed by atoms with Crippen LogP contribution in [0.1, 0.15) is 55.2 Å². The van der Waals surface area contributed by atoms with Crippen LogP contribution in [0.15, 0.2) is 59.8 Å². The van der Waals surface area contributed by atoms with Crippen molar-refractivity contribution in [3.05, 3.63) is 71.0 Å². The number of hydrogen-bond donors (Lipinski definition) is 2. The Bertz CT molecular complexity index is 2030. The van der Waals surface area contributed by atoms with Crippen molar-refractivity contribution in [2.75, 3.05) is 42.9 Å². The molecule has 2 aromatic heterocycles. The SMILES string of the molecule is Cn1nc(N2CCC(=O)NC2=O)c2ccc(C3CCN(C(c4cccc(S(=O)(=O)N5CCC(Nc6ncc(Cl)cn6)CC5)c4)C(F)F)CC3)cc21. The number of benzene rings is 2. The van der Waals surface area contributed by atoms with E-state index in [1.807, 2.05) is 18.2 Å². The summed E-state index contributed by atoms with van der Waals surface area (Å²) in [5.74, 6) is 0.704. The summed E-state index contributed by atoms with van der Waals surface area (Å²) in [6.07, 6.45) is 2.79. The molecule has 2 aromatic carbocycles. The highest BCUT2D eigenvalue weighted by Gasteiger charge is 2.35. The molecule has 17 heteroatoms. The van der Waals surface area contributed by atoms with E-state index in [1.165, 1.54) is 33.7 Å². The Labute approximate surface area is 299 Å². The molecule has 0 saturated carbocycles. The van der Waals surface area contributed by atoms with Crippen LogP contribution < -0.4 is 15.5 Å². The quantitative estimate of drug-likeness (QED) is 0.244. The van der Waals surface area contributed by atoms with Crippen LogP contribution in [0.4, 0.5) is 25.3 Å². The monoisotopic (exact) mass is 741 g/mol. The van der Waals surface area contributed by atoms with Crippen molar-refractivity contribution in [1.82, 2.24) is 34.3 Å². The second-order valence-electron chi connectivity index (χ2n) is 13.2. The highest BCUT2D eigenvalue weighted by atomic mass is 35.5. The summed E-state index contributed by atoms with van der Waals surface area (Å²) < 4.78 is 60.0. The number of imide groups is 1. The maximum absolute atomic E-state index is 14.8. The van der Waals surface area contributed by atoms with Gasteiger partial charge in [-0.25, -0.2) is 32.0 Å². The molecule has 3 aliphatic heterocycles. The van der Waals surface area contributed by atoms with E-state index in [-0.39, 0.29) is 54.4 Å².